The Balaban J connectivity index is 1.80. The highest BCUT2D eigenvalue weighted by Gasteiger charge is 2.20. The number of amides is 1. The Morgan fingerprint density at radius 1 is 1.40 bits per heavy atom. The fourth-order valence-corrected chi connectivity index (χ4v) is 1.41. The third-order valence-corrected chi connectivity index (χ3v) is 2.27. The Morgan fingerprint density at radius 3 is 2.87 bits per heavy atom. The van der Waals surface area contributed by atoms with Crippen LogP contribution in [0.5, 0.6) is 0 Å². The molecule has 1 atom stereocenters. The van der Waals surface area contributed by atoms with Crippen LogP contribution in [0.1, 0.15) is 5.56 Å². The van der Waals surface area contributed by atoms with E-state index in [0.717, 1.165) is 5.56 Å². The van der Waals surface area contributed by atoms with E-state index in [4.69, 9.17) is 0 Å². The third kappa shape index (κ3) is 2.76. The topological polar surface area (TPSA) is 65.2 Å². The molecule has 4 N–H and O–H groups in total. The predicted molar refractivity (Wildman–Crippen MR) is 56.4 cm³/mol. The van der Waals surface area contributed by atoms with Gasteiger partial charge in [-0.15, -0.1) is 0 Å². The number of carbonyl (C=O) groups excluding carboxylic acids is 1. The Morgan fingerprint density at radius 2 is 2.20 bits per heavy atom. The molecule has 1 aliphatic rings. The fraction of sp³-hybridized carbons (Fsp3) is 0.300. The van der Waals surface area contributed by atoms with Crippen molar-refractivity contribution in [3.05, 3.63) is 35.9 Å². The van der Waals surface area contributed by atoms with Crippen molar-refractivity contribution in [2.45, 2.75) is 12.6 Å². The molecule has 1 unspecified atom stereocenters. The average Bonchev–Trinajstić information content (AvgIpc) is 2.81. The van der Waals surface area contributed by atoms with E-state index in [9.17, 15) is 4.79 Å². The lowest BCUT2D eigenvalue weighted by Crippen LogP contribution is -2.44. The molecule has 2 rings (SSSR count). The maximum Gasteiger partial charge on any atom is 0.240 e. The van der Waals surface area contributed by atoms with E-state index in [2.05, 4.69) is 21.7 Å². The lowest BCUT2D eigenvalue weighted by atomic mass is 10.2. The molecule has 0 aromatic heterocycles. The molecular weight excluding hydrogens is 192 g/mol. The largest absolute Gasteiger partial charge is 0.351 e. The number of hydrazine groups is 2. The summed E-state index contributed by atoms with van der Waals surface area (Å²) in [4.78, 5) is 11.6. The second-order valence-electron chi connectivity index (χ2n) is 3.41. The van der Waals surface area contributed by atoms with Gasteiger partial charge in [-0.2, -0.15) is 5.53 Å². The summed E-state index contributed by atoms with van der Waals surface area (Å²) in [7, 11) is 0. The van der Waals surface area contributed by atoms with Gasteiger partial charge in [-0.25, -0.2) is 10.9 Å². The number of carbonyl (C=O) groups is 1. The van der Waals surface area contributed by atoms with Crippen molar-refractivity contribution in [1.82, 2.24) is 21.7 Å². The number of hydrogen-bond donors (Lipinski definition) is 4. The number of benzene rings is 1. The first-order valence-corrected chi connectivity index (χ1v) is 4.91. The summed E-state index contributed by atoms with van der Waals surface area (Å²) >= 11 is 0. The lowest BCUT2D eigenvalue weighted by Gasteiger charge is -2.09. The Kier molecular flexibility index (Phi) is 3.29. The van der Waals surface area contributed by atoms with E-state index >= 15 is 0 Å². The molecule has 1 fully saturated rings. The van der Waals surface area contributed by atoms with Crippen LogP contribution in [0, 0.1) is 0 Å². The van der Waals surface area contributed by atoms with Crippen molar-refractivity contribution in [3.8, 4) is 0 Å². The van der Waals surface area contributed by atoms with Gasteiger partial charge in [0.2, 0.25) is 5.91 Å². The molecule has 15 heavy (non-hydrogen) atoms. The minimum absolute atomic E-state index is 0.00338. The molecule has 0 bridgehead atoms. The first-order chi connectivity index (χ1) is 7.36. The number of hydrogen-bond acceptors (Lipinski definition) is 4. The zero-order chi connectivity index (χ0) is 10.5. The Hall–Kier alpha value is -1.43. The van der Waals surface area contributed by atoms with Crippen LogP contribution in [0.15, 0.2) is 30.3 Å². The molecule has 5 nitrogen and oxygen atoms in total. The van der Waals surface area contributed by atoms with Crippen LogP contribution in [0.4, 0.5) is 0 Å². The molecule has 0 aliphatic carbocycles. The third-order valence-electron chi connectivity index (χ3n) is 2.27. The Bertz CT molecular complexity index is 321. The van der Waals surface area contributed by atoms with Gasteiger partial charge in [0.05, 0.1) is 0 Å². The minimum Gasteiger partial charge on any atom is -0.351 e. The van der Waals surface area contributed by atoms with Gasteiger partial charge in [-0.1, -0.05) is 30.3 Å². The van der Waals surface area contributed by atoms with Gasteiger partial charge >= 0.3 is 0 Å². The average molecular weight is 206 g/mol. The first kappa shape index (κ1) is 10.1. The maximum absolute atomic E-state index is 11.6. The predicted octanol–water partition coefficient (Wildman–Crippen LogP) is -0.716. The normalized spacial score (nSPS) is 20.1. The smallest absolute Gasteiger partial charge is 0.240 e. The number of rotatable bonds is 3. The second-order valence-corrected chi connectivity index (χ2v) is 3.41. The summed E-state index contributed by atoms with van der Waals surface area (Å²) in [6.07, 6.45) is 0. The lowest BCUT2D eigenvalue weighted by molar-refractivity contribution is -0.122. The van der Waals surface area contributed by atoms with Crippen LogP contribution in [-0.4, -0.2) is 18.5 Å². The molecule has 1 aromatic rings. The first-order valence-electron chi connectivity index (χ1n) is 4.91. The van der Waals surface area contributed by atoms with Crippen molar-refractivity contribution >= 4 is 5.91 Å². The highest BCUT2D eigenvalue weighted by atomic mass is 16.2. The van der Waals surface area contributed by atoms with Crippen LogP contribution in [-0.2, 0) is 11.3 Å². The van der Waals surface area contributed by atoms with Crippen LogP contribution in [0.25, 0.3) is 0 Å². The summed E-state index contributed by atoms with van der Waals surface area (Å²) < 4.78 is 0. The highest BCUT2D eigenvalue weighted by Crippen LogP contribution is 1.97. The van der Waals surface area contributed by atoms with Crippen LogP contribution < -0.4 is 21.7 Å². The summed E-state index contributed by atoms with van der Waals surface area (Å²) in [5, 5.41) is 2.86. The highest BCUT2D eigenvalue weighted by molar-refractivity contribution is 5.82. The molecule has 1 aliphatic heterocycles. The van der Waals surface area contributed by atoms with E-state index in [1.54, 1.807) is 0 Å². The standard InChI is InChI=1S/C10H14N4O/c15-10(9-7-12-14-13-9)11-6-8-4-2-1-3-5-8/h1-5,9,12-14H,6-7H2,(H,11,15). The molecule has 5 heteroatoms. The van der Waals surface area contributed by atoms with Gasteiger partial charge in [0.25, 0.3) is 0 Å². The van der Waals surface area contributed by atoms with Crippen LogP contribution >= 0.6 is 0 Å². The molecule has 1 saturated heterocycles. The summed E-state index contributed by atoms with van der Waals surface area (Å²) in [5.41, 5.74) is 9.44. The summed E-state index contributed by atoms with van der Waals surface area (Å²) in [5.74, 6) is -0.00338. The molecule has 0 saturated carbocycles. The zero-order valence-electron chi connectivity index (χ0n) is 8.29. The van der Waals surface area contributed by atoms with Gasteiger partial charge < -0.3 is 5.32 Å². The molecule has 0 radical (unpaired) electrons. The molecular formula is C10H14N4O. The molecule has 1 heterocycles. The van der Waals surface area contributed by atoms with E-state index < -0.39 is 0 Å². The second kappa shape index (κ2) is 4.88. The molecule has 1 amide bonds. The fourth-order valence-electron chi connectivity index (χ4n) is 1.41. The van der Waals surface area contributed by atoms with Gasteiger partial charge in [0, 0.05) is 13.1 Å². The van der Waals surface area contributed by atoms with Crippen molar-refractivity contribution < 1.29 is 4.79 Å². The quantitative estimate of drug-likeness (QED) is 0.527. The van der Waals surface area contributed by atoms with Crippen LogP contribution in [0.3, 0.4) is 0 Å². The van der Waals surface area contributed by atoms with Crippen molar-refractivity contribution in [3.63, 3.8) is 0 Å². The van der Waals surface area contributed by atoms with Crippen molar-refractivity contribution in [1.29, 1.82) is 0 Å². The van der Waals surface area contributed by atoms with Gasteiger partial charge in [-0.05, 0) is 5.56 Å². The van der Waals surface area contributed by atoms with Gasteiger partial charge in [0.1, 0.15) is 6.04 Å². The molecule has 0 spiro atoms. The van der Waals surface area contributed by atoms with Crippen molar-refractivity contribution in [2.24, 2.45) is 0 Å². The van der Waals surface area contributed by atoms with Crippen molar-refractivity contribution in [2.75, 3.05) is 6.54 Å². The Labute approximate surface area is 88.2 Å². The van der Waals surface area contributed by atoms with E-state index in [1.807, 2.05) is 30.3 Å². The molecule has 80 valence electrons. The monoisotopic (exact) mass is 206 g/mol. The maximum atomic E-state index is 11.6. The van der Waals surface area contributed by atoms with Gasteiger partial charge in [0.15, 0.2) is 0 Å². The summed E-state index contributed by atoms with van der Waals surface area (Å²) in [6, 6.07) is 9.64. The minimum atomic E-state index is -0.200. The van der Waals surface area contributed by atoms with E-state index in [0.29, 0.717) is 13.1 Å². The summed E-state index contributed by atoms with van der Waals surface area (Å²) in [6.45, 7) is 1.17. The SMILES string of the molecule is O=C(NCc1ccccc1)C1CNNN1. The number of nitrogens with one attached hydrogen (secondary N) is 4. The van der Waals surface area contributed by atoms with E-state index in [1.165, 1.54) is 0 Å². The van der Waals surface area contributed by atoms with E-state index in [-0.39, 0.29) is 11.9 Å². The van der Waals surface area contributed by atoms with Gasteiger partial charge in [-0.3, -0.25) is 4.79 Å². The van der Waals surface area contributed by atoms with Crippen LogP contribution in [0.2, 0.25) is 0 Å². The zero-order valence-corrected chi connectivity index (χ0v) is 8.29. The molecule has 1 aromatic carbocycles.